The summed E-state index contributed by atoms with van der Waals surface area (Å²) in [5, 5.41) is 0. The van der Waals surface area contributed by atoms with Gasteiger partial charge in [-0.1, -0.05) is 0 Å². The van der Waals surface area contributed by atoms with Crippen molar-refractivity contribution in [2.24, 2.45) is 0 Å². The Balaban J connectivity index is 2.04. The Hall–Kier alpha value is -2.26. The SMILES string of the molecule is Cc1ncnc(N2CCOCC2)c1-c1cncc(NS(C)(=O)=O)c1. The molecule has 2 aromatic heterocycles. The minimum Gasteiger partial charge on any atom is -0.378 e. The molecule has 0 atom stereocenters. The summed E-state index contributed by atoms with van der Waals surface area (Å²) in [6.07, 6.45) is 5.80. The van der Waals surface area contributed by atoms with Crippen LogP contribution in [0.4, 0.5) is 11.5 Å². The molecule has 0 radical (unpaired) electrons. The summed E-state index contributed by atoms with van der Waals surface area (Å²) in [7, 11) is -3.37. The Morgan fingerprint density at radius 2 is 1.96 bits per heavy atom. The molecule has 3 heterocycles. The lowest BCUT2D eigenvalue weighted by atomic mass is 10.1. The molecule has 0 saturated carbocycles. The molecule has 1 N–H and O–H groups in total. The first kappa shape index (κ1) is 16.6. The third-order valence-electron chi connectivity index (χ3n) is 3.66. The predicted octanol–water partition coefficient (Wildman–Crippen LogP) is 1.06. The highest BCUT2D eigenvalue weighted by molar-refractivity contribution is 7.92. The second kappa shape index (κ2) is 6.70. The van der Waals surface area contributed by atoms with Crippen LogP contribution in [-0.4, -0.2) is 55.9 Å². The maximum Gasteiger partial charge on any atom is 0.229 e. The molecule has 24 heavy (non-hydrogen) atoms. The minimum atomic E-state index is -3.37. The van der Waals surface area contributed by atoms with E-state index in [4.69, 9.17) is 4.74 Å². The number of nitrogens with zero attached hydrogens (tertiary/aromatic N) is 4. The number of ether oxygens (including phenoxy) is 1. The van der Waals surface area contributed by atoms with Gasteiger partial charge in [0.15, 0.2) is 0 Å². The van der Waals surface area contributed by atoms with Crippen molar-refractivity contribution in [2.45, 2.75) is 6.92 Å². The Labute approximate surface area is 141 Å². The van der Waals surface area contributed by atoms with Gasteiger partial charge in [-0.15, -0.1) is 0 Å². The zero-order chi connectivity index (χ0) is 17.2. The molecule has 128 valence electrons. The molecule has 3 rings (SSSR count). The average Bonchev–Trinajstić information content (AvgIpc) is 2.54. The van der Waals surface area contributed by atoms with Gasteiger partial charge in [0, 0.05) is 30.4 Å². The van der Waals surface area contributed by atoms with Crippen LogP contribution in [0.3, 0.4) is 0 Å². The van der Waals surface area contributed by atoms with Gasteiger partial charge in [-0.05, 0) is 13.0 Å². The summed E-state index contributed by atoms with van der Waals surface area (Å²) in [6.45, 7) is 4.70. The lowest BCUT2D eigenvalue weighted by molar-refractivity contribution is 0.122. The standard InChI is InChI=1S/C15H19N5O3S/c1-11-14(12-7-13(9-16-8-12)19-24(2,21)22)15(18-10-17-11)20-3-5-23-6-4-20/h7-10,19H,3-6H2,1-2H3. The molecule has 0 spiro atoms. The van der Waals surface area contributed by atoms with Crippen LogP contribution in [0.15, 0.2) is 24.8 Å². The lowest BCUT2D eigenvalue weighted by Crippen LogP contribution is -2.37. The van der Waals surface area contributed by atoms with Crippen LogP contribution in [0.1, 0.15) is 5.69 Å². The molecular formula is C15H19N5O3S. The first-order valence-corrected chi connectivity index (χ1v) is 9.41. The van der Waals surface area contributed by atoms with Crippen LogP contribution in [0, 0.1) is 6.92 Å². The molecular weight excluding hydrogens is 330 g/mol. The fourth-order valence-corrected chi connectivity index (χ4v) is 3.20. The smallest absolute Gasteiger partial charge is 0.229 e. The van der Waals surface area contributed by atoms with Gasteiger partial charge >= 0.3 is 0 Å². The van der Waals surface area contributed by atoms with Crippen LogP contribution in [-0.2, 0) is 14.8 Å². The van der Waals surface area contributed by atoms with Crippen molar-refractivity contribution in [3.05, 3.63) is 30.5 Å². The minimum absolute atomic E-state index is 0.409. The number of anilines is 2. The van der Waals surface area contributed by atoms with E-state index in [0.29, 0.717) is 18.9 Å². The fraction of sp³-hybridized carbons (Fsp3) is 0.400. The molecule has 0 unspecified atom stereocenters. The monoisotopic (exact) mass is 349 g/mol. The third kappa shape index (κ3) is 3.80. The van der Waals surface area contributed by atoms with E-state index >= 15 is 0 Å². The van der Waals surface area contributed by atoms with Gasteiger partial charge in [0.25, 0.3) is 0 Å². The second-order valence-electron chi connectivity index (χ2n) is 5.59. The van der Waals surface area contributed by atoms with Crippen molar-refractivity contribution in [2.75, 3.05) is 42.2 Å². The van der Waals surface area contributed by atoms with Crippen LogP contribution in [0.25, 0.3) is 11.1 Å². The van der Waals surface area contributed by atoms with Crippen molar-refractivity contribution in [3.63, 3.8) is 0 Å². The highest BCUT2D eigenvalue weighted by atomic mass is 32.2. The fourth-order valence-electron chi connectivity index (χ4n) is 2.66. The molecule has 9 heteroatoms. The molecule has 0 bridgehead atoms. The molecule has 1 saturated heterocycles. The summed E-state index contributed by atoms with van der Waals surface area (Å²) in [6, 6.07) is 1.74. The summed E-state index contributed by atoms with van der Waals surface area (Å²) in [5.74, 6) is 0.809. The zero-order valence-corrected chi connectivity index (χ0v) is 14.4. The number of hydrogen-bond acceptors (Lipinski definition) is 7. The molecule has 2 aromatic rings. The Kier molecular flexibility index (Phi) is 4.63. The Morgan fingerprint density at radius 1 is 1.21 bits per heavy atom. The molecule has 8 nitrogen and oxygen atoms in total. The van der Waals surface area contributed by atoms with Crippen molar-refractivity contribution in [1.82, 2.24) is 15.0 Å². The van der Waals surface area contributed by atoms with E-state index in [-0.39, 0.29) is 0 Å². The molecule has 1 fully saturated rings. The number of hydrogen-bond donors (Lipinski definition) is 1. The summed E-state index contributed by atoms with van der Waals surface area (Å²) >= 11 is 0. The van der Waals surface area contributed by atoms with E-state index in [1.54, 1.807) is 12.3 Å². The van der Waals surface area contributed by atoms with Crippen LogP contribution < -0.4 is 9.62 Å². The van der Waals surface area contributed by atoms with Gasteiger partial charge in [-0.25, -0.2) is 18.4 Å². The highest BCUT2D eigenvalue weighted by Gasteiger charge is 2.20. The molecule has 1 aliphatic heterocycles. The first-order chi connectivity index (χ1) is 11.4. The quantitative estimate of drug-likeness (QED) is 0.881. The molecule has 1 aliphatic rings. The maximum atomic E-state index is 11.4. The van der Waals surface area contributed by atoms with E-state index in [0.717, 1.165) is 42.0 Å². The zero-order valence-electron chi connectivity index (χ0n) is 13.6. The average molecular weight is 349 g/mol. The predicted molar refractivity (Wildman–Crippen MR) is 91.5 cm³/mol. The van der Waals surface area contributed by atoms with Gasteiger partial charge in [0.05, 0.1) is 37.0 Å². The van der Waals surface area contributed by atoms with Crippen molar-refractivity contribution in [3.8, 4) is 11.1 Å². The lowest BCUT2D eigenvalue weighted by Gasteiger charge is -2.29. The topological polar surface area (TPSA) is 97.3 Å². The largest absolute Gasteiger partial charge is 0.378 e. The first-order valence-electron chi connectivity index (χ1n) is 7.51. The summed E-state index contributed by atoms with van der Waals surface area (Å²) in [5.41, 5.74) is 2.84. The molecule has 0 aromatic carbocycles. The normalized spacial score (nSPS) is 15.3. The van der Waals surface area contributed by atoms with Gasteiger partial charge in [-0.3, -0.25) is 9.71 Å². The number of pyridine rings is 1. The van der Waals surface area contributed by atoms with Gasteiger partial charge in [0.1, 0.15) is 12.1 Å². The molecule has 0 amide bonds. The Morgan fingerprint density at radius 3 is 2.67 bits per heavy atom. The van der Waals surface area contributed by atoms with E-state index in [1.807, 2.05) is 6.92 Å². The van der Waals surface area contributed by atoms with Gasteiger partial charge in [0.2, 0.25) is 10.0 Å². The number of rotatable bonds is 4. The number of aromatic nitrogens is 3. The third-order valence-corrected chi connectivity index (χ3v) is 4.26. The van der Waals surface area contributed by atoms with Crippen molar-refractivity contribution >= 4 is 21.5 Å². The Bertz CT molecular complexity index is 835. The second-order valence-corrected chi connectivity index (χ2v) is 7.34. The van der Waals surface area contributed by atoms with E-state index in [9.17, 15) is 8.42 Å². The molecule has 0 aliphatic carbocycles. The van der Waals surface area contributed by atoms with Crippen LogP contribution in [0.2, 0.25) is 0 Å². The van der Waals surface area contributed by atoms with Crippen LogP contribution in [0.5, 0.6) is 0 Å². The van der Waals surface area contributed by atoms with Crippen molar-refractivity contribution < 1.29 is 13.2 Å². The highest BCUT2D eigenvalue weighted by Crippen LogP contribution is 2.32. The maximum absolute atomic E-state index is 11.4. The number of nitrogens with one attached hydrogen (secondary N) is 1. The summed E-state index contributed by atoms with van der Waals surface area (Å²) < 4.78 is 30.7. The van der Waals surface area contributed by atoms with E-state index in [2.05, 4.69) is 24.6 Å². The summed E-state index contributed by atoms with van der Waals surface area (Å²) in [4.78, 5) is 15.0. The number of morpholine rings is 1. The van der Waals surface area contributed by atoms with Crippen molar-refractivity contribution in [1.29, 1.82) is 0 Å². The van der Waals surface area contributed by atoms with E-state index < -0.39 is 10.0 Å². The van der Waals surface area contributed by atoms with Gasteiger partial charge < -0.3 is 9.64 Å². The van der Waals surface area contributed by atoms with Crippen LogP contribution >= 0.6 is 0 Å². The number of aryl methyl sites for hydroxylation is 1. The number of sulfonamides is 1. The van der Waals surface area contributed by atoms with E-state index in [1.165, 1.54) is 12.5 Å². The van der Waals surface area contributed by atoms with Gasteiger partial charge in [-0.2, -0.15) is 0 Å².